The van der Waals surface area contributed by atoms with Crippen LogP contribution in [-0.2, 0) is 4.79 Å². The van der Waals surface area contributed by atoms with Crippen molar-refractivity contribution < 1.29 is 15.0 Å². The second-order valence-corrected chi connectivity index (χ2v) is 5.24. The third kappa shape index (κ3) is 2.53. The Balaban J connectivity index is 1.85. The van der Waals surface area contributed by atoms with Crippen LogP contribution < -0.4 is 10.6 Å². The smallest absolute Gasteiger partial charge is 0.305 e. The molecule has 0 spiro atoms. The second kappa shape index (κ2) is 4.31. The molecule has 1 aliphatic heterocycles. The Labute approximate surface area is 95.2 Å². The summed E-state index contributed by atoms with van der Waals surface area (Å²) in [6.45, 7) is 1.87. The van der Waals surface area contributed by atoms with Crippen LogP contribution in [0.25, 0.3) is 0 Å². The number of aliphatic hydroxyl groups is 1. The lowest BCUT2D eigenvalue weighted by Crippen LogP contribution is -2.70. The Morgan fingerprint density at radius 3 is 2.38 bits per heavy atom. The molecule has 1 saturated carbocycles. The molecule has 5 heteroatoms. The monoisotopic (exact) mass is 228 g/mol. The molecule has 0 aromatic carbocycles. The zero-order valence-corrected chi connectivity index (χ0v) is 9.46. The van der Waals surface area contributed by atoms with E-state index in [1.165, 1.54) is 0 Å². The Hall–Kier alpha value is -0.650. The number of carboxylic acids is 1. The average Bonchev–Trinajstić information content (AvgIpc) is 2.57. The molecule has 2 fully saturated rings. The van der Waals surface area contributed by atoms with E-state index in [1.807, 2.05) is 0 Å². The van der Waals surface area contributed by atoms with Crippen molar-refractivity contribution in [1.29, 1.82) is 0 Å². The molecule has 92 valence electrons. The second-order valence-electron chi connectivity index (χ2n) is 5.24. The first-order valence-corrected chi connectivity index (χ1v) is 5.94. The van der Waals surface area contributed by atoms with Crippen LogP contribution in [-0.4, -0.2) is 47.0 Å². The lowest BCUT2D eigenvalue weighted by Gasteiger charge is -2.44. The van der Waals surface area contributed by atoms with Crippen LogP contribution in [0.15, 0.2) is 0 Å². The van der Waals surface area contributed by atoms with E-state index in [2.05, 4.69) is 10.6 Å². The van der Waals surface area contributed by atoms with Crippen LogP contribution >= 0.6 is 0 Å². The Morgan fingerprint density at radius 1 is 1.31 bits per heavy atom. The molecule has 16 heavy (non-hydrogen) atoms. The van der Waals surface area contributed by atoms with Crippen LogP contribution in [0.4, 0.5) is 0 Å². The number of β-amino-alcohol motifs (C(OH)–C–C–N with tert-alkyl or cyclic N) is 1. The number of aliphatic carboxylic acids is 1. The first kappa shape index (κ1) is 11.8. The molecular weight excluding hydrogens is 208 g/mol. The van der Waals surface area contributed by atoms with Crippen molar-refractivity contribution in [1.82, 2.24) is 10.6 Å². The van der Waals surface area contributed by atoms with Crippen LogP contribution in [0.2, 0.25) is 0 Å². The summed E-state index contributed by atoms with van der Waals surface area (Å²) in [5.41, 5.74) is -0.953. The summed E-state index contributed by atoms with van der Waals surface area (Å²) in [7, 11) is 0. The van der Waals surface area contributed by atoms with Crippen molar-refractivity contribution in [2.24, 2.45) is 0 Å². The molecule has 0 bridgehead atoms. The summed E-state index contributed by atoms with van der Waals surface area (Å²) < 4.78 is 0. The Morgan fingerprint density at radius 2 is 1.94 bits per heavy atom. The third-order valence-electron chi connectivity index (χ3n) is 3.74. The van der Waals surface area contributed by atoms with Gasteiger partial charge < -0.3 is 20.8 Å². The summed E-state index contributed by atoms with van der Waals surface area (Å²) >= 11 is 0. The standard InChI is InChI=1S/C11H20N2O3/c14-9(15)5-10(6-12-7-10)13-8-11(16)3-1-2-4-11/h12-13,16H,1-8H2,(H,14,15). The predicted octanol–water partition coefficient (Wildman–Crippen LogP) is -0.302. The SMILES string of the molecule is O=C(O)CC1(NCC2(O)CCCC2)CNC1. The van der Waals surface area contributed by atoms with Gasteiger partial charge in [-0.15, -0.1) is 0 Å². The fraction of sp³-hybridized carbons (Fsp3) is 0.909. The molecule has 1 aliphatic carbocycles. The van der Waals surface area contributed by atoms with E-state index < -0.39 is 11.6 Å². The molecule has 1 heterocycles. The lowest BCUT2D eigenvalue weighted by molar-refractivity contribution is -0.139. The van der Waals surface area contributed by atoms with E-state index in [0.717, 1.165) is 25.7 Å². The van der Waals surface area contributed by atoms with Crippen LogP contribution in [0, 0.1) is 0 Å². The fourth-order valence-electron chi connectivity index (χ4n) is 2.59. The number of hydrogen-bond donors (Lipinski definition) is 4. The molecule has 2 rings (SSSR count). The van der Waals surface area contributed by atoms with E-state index in [9.17, 15) is 9.90 Å². The molecule has 0 aromatic rings. The maximum absolute atomic E-state index is 10.8. The van der Waals surface area contributed by atoms with E-state index in [4.69, 9.17) is 5.11 Å². The van der Waals surface area contributed by atoms with Gasteiger partial charge in [0.15, 0.2) is 0 Å². The first-order chi connectivity index (χ1) is 7.54. The van der Waals surface area contributed by atoms with Crippen molar-refractivity contribution in [2.45, 2.75) is 43.2 Å². The van der Waals surface area contributed by atoms with Gasteiger partial charge in [0.2, 0.25) is 0 Å². The van der Waals surface area contributed by atoms with Gasteiger partial charge in [0.25, 0.3) is 0 Å². The van der Waals surface area contributed by atoms with Gasteiger partial charge in [0, 0.05) is 19.6 Å². The molecule has 5 nitrogen and oxygen atoms in total. The average molecular weight is 228 g/mol. The minimum atomic E-state index is -0.785. The van der Waals surface area contributed by atoms with Crippen LogP contribution in [0.1, 0.15) is 32.1 Å². The van der Waals surface area contributed by atoms with E-state index in [0.29, 0.717) is 19.6 Å². The topological polar surface area (TPSA) is 81.6 Å². The van der Waals surface area contributed by atoms with Crippen molar-refractivity contribution in [3.63, 3.8) is 0 Å². The van der Waals surface area contributed by atoms with Gasteiger partial charge >= 0.3 is 5.97 Å². The zero-order chi connectivity index (χ0) is 11.6. The first-order valence-electron chi connectivity index (χ1n) is 5.94. The highest BCUT2D eigenvalue weighted by Gasteiger charge is 2.41. The fourth-order valence-corrected chi connectivity index (χ4v) is 2.59. The van der Waals surface area contributed by atoms with Gasteiger partial charge in [-0.2, -0.15) is 0 Å². The normalized spacial score (nSPS) is 26.3. The molecular formula is C11H20N2O3. The number of nitrogens with one attached hydrogen (secondary N) is 2. The molecule has 0 atom stereocenters. The zero-order valence-electron chi connectivity index (χ0n) is 9.46. The molecule has 0 aromatic heterocycles. The molecule has 2 aliphatic rings. The number of rotatable bonds is 5. The molecule has 4 N–H and O–H groups in total. The number of hydrogen-bond acceptors (Lipinski definition) is 4. The predicted molar refractivity (Wildman–Crippen MR) is 59.3 cm³/mol. The summed E-state index contributed by atoms with van der Waals surface area (Å²) in [4.78, 5) is 10.8. The number of carbonyl (C=O) groups is 1. The summed E-state index contributed by atoms with van der Waals surface area (Å²) in [6, 6.07) is 0. The van der Waals surface area contributed by atoms with Crippen LogP contribution in [0.5, 0.6) is 0 Å². The molecule has 1 saturated heterocycles. The maximum atomic E-state index is 10.8. The highest BCUT2D eigenvalue weighted by Crippen LogP contribution is 2.29. The van der Waals surface area contributed by atoms with Gasteiger partial charge in [-0.3, -0.25) is 4.79 Å². The van der Waals surface area contributed by atoms with Crippen molar-refractivity contribution >= 4 is 5.97 Å². The van der Waals surface area contributed by atoms with Gasteiger partial charge in [0.1, 0.15) is 0 Å². The van der Waals surface area contributed by atoms with Gasteiger partial charge in [-0.1, -0.05) is 12.8 Å². The third-order valence-corrected chi connectivity index (χ3v) is 3.74. The maximum Gasteiger partial charge on any atom is 0.305 e. The molecule has 0 radical (unpaired) electrons. The largest absolute Gasteiger partial charge is 0.481 e. The quantitative estimate of drug-likeness (QED) is 0.519. The minimum Gasteiger partial charge on any atom is -0.481 e. The highest BCUT2D eigenvalue weighted by molar-refractivity contribution is 5.68. The van der Waals surface area contributed by atoms with E-state index in [-0.39, 0.29) is 12.0 Å². The minimum absolute atomic E-state index is 0.121. The van der Waals surface area contributed by atoms with Crippen LogP contribution in [0.3, 0.4) is 0 Å². The van der Waals surface area contributed by atoms with Crippen molar-refractivity contribution in [2.75, 3.05) is 19.6 Å². The molecule has 0 unspecified atom stereocenters. The van der Waals surface area contributed by atoms with E-state index in [1.54, 1.807) is 0 Å². The van der Waals surface area contributed by atoms with Gasteiger partial charge in [-0.05, 0) is 12.8 Å². The summed E-state index contributed by atoms with van der Waals surface area (Å²) in [6.07, 6.45) is 3.92. The van der Waals surface area contributed by atoms with Gasteiger partial charge in [-0.25, -0.2) is 0 Å². The Bertz CT molecular complexity index is 270. The Kier molecular flexibility index (Phi) is 3.19. The van der Waals surface area contributed by atoms with Gasteiger partial charge in [0.05, 0.1) is 17.6 Å². The molecule has 0 amide bonds. The lowest BCUT2D eigenvalue weighted by atomic mass is 9.87. The highest BCUT2D eigenvalue weighted by atomic mass is 16.4. The van der Waals surface area contributed by atoms with Crippen molar-refractivity contribution in [3.8, 4) is 0 Å². The summed E-state index contributed by atoms with van der Waals surface area (Å²) in [5, 5.41) is 25.4. The van der Waals surface area contributed by atoms with E-state index >= 15 is 0 Å². The number of carboxylic acid groups (broad SMARTS) is 1. The van der Waals surface area contributed by atoms with Crippen molar-refractivity contribution in [3.05, 3.63) is 0 Å². The summed E-state index contributed by atoms with van der Waals surface area (Å²) in [5.74, 6) is -0.785.